The minimum Gasteiger partial charge on any atom is -0.366 e. The highest BCUT2D eigenvalue weighted by Crippen LogP contribution is 2.18. The second kappa shape index (κ2) is 4.28. The SMILES string of the molecule is N#Cc1cc(Cl)ccc1-n1cc(C(N)=O)cn1. The van der Waals surface area contributed by atoms with E-state index in [0.717, 1.165) is 0 Å². The van der Waals surface area contributed by atoms with E-state index in [1.54, 1.807) is 12.1 Å². The Morgan fingerprint density at radius 2 is 2.29 bits per heavy atom. The van der Waals surface area contributed by atoms with Crippen molar-refractivity contribution < 1.29 is 4.79 Å². The number of carbonyl (C=O) groups excluding carboxylic acids is 1. The van der Waals surface area contributed by atoms with E-state index in [-0.39, 0.29) is 5.56 Å². The lowest BCUT2D eigenvalue weighted by Gasteiger charge is -2.03. The number of carbonyl (C=O) groups is 1. The summed E-state index contributed by atoms with van der Waals surface area (Å²) < 4.78 is 1.41. The first-order valence-corrected chi connectivity index (χ1v) is 5.04. The summed E-state index contributed by atoms with van der Waals surface area (Å²) in [7, 11) is 0. The van der Waals surface area contributed by atoms with Crippen molar-refractivity contribution in [1.29, 1.82) is 5.26 Å². The van der Waals surface area contributed by atoms with Gasteiger partial charge in [0.2, 0.25) is 0 Å². The molecule has 2 N–H and O–H groups in total. The van der Waals surface area contributed by atoms with Gasteiger partial charge in [0.05, 0.1) is 23.0 Å². The number of nitriles is 1. The van der Waals surface area contributed by atoms with E-state index in [2.05, 4.69) is 5.10 Å². The Morgan fingerprint density at radius 1 is 1.53 bits per heavy atom. The monoisotopic (exact) mass is 246 g/mol. The van der Waals surface area contributed by atoms with Gasteiger partial charge in [-0.25, -0.2) is 4.68 Å². The molecule has 0 unspecified atom stereocenters. The second-order valence-corrected chi connectivity index (χ2v) is 3.75. The maximum absolute atomic E-state index is 10.9. The van der Waals surface area contributed by atoms with Crippen LogP contribution in [0.3, 0.4) is 0 Å². The molecule has 0 aliphatic carbocycles. The van der Waals surface area contributed by atoms with Crippen molar-refractivity contribution >= 4 is 17.5 Å². The van der Waals surface area contributed by atoms with Crippen molar-refractivity contribution in [3.05, 3.63) is 46.7 Å². The largest absolute Gasteiger partial charge is 0.366 e. The number of halogens is 1. The van der Waals surface area contributed by atoms with Gasteiger partial charge >= 0.3 is 0 Å². The fourth-order valence-corrected chi connectivity index (χ4v) is 1.55. The van der Waals surface area contributed by atoms with Crippen molar-refractivity contribution in [2.45, 2.75) is 0 Å². The molecule has 1 amide bonds. The summed E-state index contributed by atoms with van der Waals surface area (Å²) in [5.41, 5.74) is 6.32. The van der Waals surface area contributed by atoms with Gasteiger partial charge in [-0.3, -0.25) is 4.79 Å². The van der Waals surface area contributed by atoms with Crippen LogP contribution in [0.1, 0.15) is 15.9 Å². The second-order valence-electron chi connectivity index (χ2n) is 3.31. The van der Waals surface area contributed by atoms with Gasteiger partial charge in [0.25, 0.3) is 5.91 Å². The van der Waals surface area contributed by atoms with Gasteiger partial charge in [0.1, 0.15) is 6.07 Å². The van der Waals surface area contributed by atoms with Gasteiger partial charge < -0.3 is 5.73 Å². The molecule has 0 spiro atoms. The van der Waals surface area contributed by atoms with Gasteiger partial charge in [-0.1, -0.05) is 11.6 Å². The van der Waals surface area contributed by atoms with E-state index >= 15 is 0 Å². The molecule has 0 aliphatic heterocycles. The zero-order valence-electron chi connectivity index (χ0n) is 8.59. The van der Waals surface area contributed by atoms with Crippen LogP contribution in [0.2, 0.25) is 5.02 Å². The molecule has 0 radical (unpaired) electrons. The summed E-state index contributed by atoms with van der Waals surface area (Å²) in [6, 6.07) is 6.84. The predicted molar refractivity (Wildman–Crippen MR) is 61.8 cm³/mol. The van der Waals surface area contributed by atoms with E-state index in [4.69, 9.17) is 22.6 Å². The van der Waals surface area contributed by atoms with Crippen LogP contribution in [0, 0.1) is 11.3 Å². The first kappa shape index (κ1) is 11.2. The quantitative estimate of drug-likeness (QED) is 0.871. The Labute approximate surface area is 102 Å². The number of primary amides is 1. The summed E-state index contributed by atoms with van der Waals surface area (Å²) in [6.45, 7) is 0. The molecule has 6 heteroatoms. The molecular formula is C11H7ClN4O. The van der Waals surface area contributed by atoms with Crippen LogP contribution in [0.5, 0.6) is 0 Å². The summed E-state index contributed by atoms with van der Waals surface area (Å²) in [6.07, 6.45) is 2.81. The molecule has 0 aliphatic rings. The Hall–Kier alpha value is -2.32. The van der Waals surface area contributed by atoms with Crippen molar-refractivity contribution in [1.82, 2.24) is 9.78 Å². The van der Waals surface area contributed by atoms with Gasteiger partial charge in [0.15, 0.2) is 0 Å². The van der Waals surface area contributed by atoms with Crippen LogP contribution < -0.4 is 5.73 Å². The zero-order valence-corrected chi connectivity index (χ0v) is 9.35. The smallest absolute Gasteiger partial charge is 0.251 e. The number of benzene rings is 1. The van der Waals surface area contributed by atoms with Gasteiger partial charge in [0, 0.05) is 11.2 Å². The topological polar surface area (TPSA) is 84.7 Å². The molecule has 84 valence electrons. The summed E-state index contributed by atoms with van der Waals surface area (Å²) in [5, 5.41) is 13.4. The number of rotatable bonds is 2. The zero-order chi connectivity index (χ0) is 12.4. The minimum absolute atomic E-state index is 0.281. The average Bonchev–Trinajstić information content (AvgIpc) is 2.78. The molecule has 0 saturated heterocycles. The number of nitrogens with two attached hydrogens (primary N) is 1. The third kappa shape index (κ3) is 2.12. The third-order valence-corrected chi connectivity index (χ3v) is 2.43. The lowest BCUT2D eigenvalue weighted by molar-refractivity contribution is 0.100. The summed E-state index contributed by atoms with van der Waals surface area (Å²) >= 11 is 5.78. The Balaban J connectivity index is 2.53. The molecular weight excluding hydrogens is 240 g/mol. The molecule has 1 heterocycles. The molecule has 5 nitrogen and oxygen atoms in total. The Morgan fingerprint density at radius 3 is 2.88 bits per heavy atom. The third-order valence-electron chi connectivity index (χ3n) is 2.19. The van der Waals surface area contributed by atoms with Crippen molar-refractivity contribution in [3.63, 3.8) is 0 Å². The van der Waals surface area contributed by atoms with E-state index in [1.807, 2.05) is 6.07 Å². The van der Waals surface area contributed by atoms with Gasteiger partial charge in [-0.15, -0.1) is 0 Å². The molecule has 0 saturated carbocycles. The van der Waals surface area contributed by atoms with Gasteiger partial charge in [-0.05, 0) is 18.2 Å². The van der Waals surface area contributed by atoms with E-state index in [1.165, 1.54) is 23.1 Å². The van der Waals surface area contributed by atoms with E-state index in [9.17, 15) is 4.79 Å². The first-order chi connectivity index (χ1) is 8.11. The first-order valence-electron chi connectivity index (χ1n) is 4.66. The standard InChI is InChI=1S/C11H7ClN4O/c12-9-1-2-10(7(3-9)4-13)16-6-8(5-15-16)11(14)17/h1-3,5-6H,(H2,14,17). The van der Waals surface area contributed by atoms with Crippen LogP contribution in [0.4, 0.5) is 0 Å². The van der Waals surface area contributed by atoms with Crippen LogP contribution in [-0.4, -0.2) is 15.7 Å². The molecule has 1 aromatic carbocycles. The summed E-state index contributed by atoms with van der Waals surface area (Å²) in [4.78, 5) is 10.9. The predicted octanol–water partition coefficient (Wildman–Crippen LogP) is 1.50. The van der Waals surface area contributed by atoms with Crippen molar-refractivity contribution in [2.75, 3.05) is 0 Å². The lowest BCUT2D eigenvalue weighted by atomic mass is 10.2. The van der Waals surface area contributed by atoms with E-state index < -0.39 is 5.91 Å². The molecule has 2 aromatic rings. The average molecular weight is 247 g/mol. The number of amides is 1. The van der Waals surface area contributed by atoms with Crippen molar-refractivity contribution in [3.8, 4) is 11.8 Å². The highest BCUT2D eigenvalue weighted by molar-refractivity contribution is 6.30. The molecule has 0 fully saturated rings. The van der Waals surface area contributed by atoms with Crippen LogP contribution in [-0.2, 0) is 0 Å². The van der Waals surface area contributed by atoms with E-state index in [0.29, 0.717) is 16.3 Å². The maximum Gasteiger partial charge on any atom is 0.251 e. The van der Waals surface area contributed by atoms with Crippen LogP contribution >= 0.6 is 11.6 Å². The summed E-state index contributed by atoms with van der Waals surface area (Å²) in [5.74, 6) is -0.566. The fraction of sp³-hybridized carbons (Fsp3) is 0. The van der Waals surface area contributed by atoms with Crippen LogP contribution in [0.25, 0.3) is 5.69 Å². The molecule has 0 atom stereocenters. The minimum atomic E-state index is -0.566. The van der Waals surface area contributed by atoms with Gasteiger partial charge in [-0.2, -0.15) is 10.4 Å². The molecule has 17 heavy (non-hydrogen) atoms. The number of aromatic nitrogens is 2. The lowest BCUT2D eigenvalue weighted by Crippen LogP contribution is -2.09. The normalized spacial score (nSPS) is 9.88. The highest BCUT2D eigenvalue weighted by Gasteiger charge is 2.09. The van der Waals surface area contributed by atoms with Crippen molar-refractivity contribution in [2.24, 2.45) is 5.73 Å². The molecule has 0 bridgehead atoms. The molecule has 1 aromatic heterocycles. The maximum atomic E-state index is 10.9. The molecule has 2 rings (SSSR count). The highest BCUT2D eigenvalue weighted by atomic mass is 35.5. The number of nitrogens with zero attached hydrogens (tertiary/aromatic N) is 3. The Kier molecular flexibility index (Phi) is 2.81. The number of hydrogen-bond donors (Lipinski definition) is 1. The van der Waals surface area contributed by atoms with Crippen LogP contribution in [0.15, 0.2) is 30.6 Å². The Bertz CT molecular complexity index is 627. The number of hydrogen-bond acceptors (Lipinski definition) is 3. The fourth-order valence-electron chi connectivity index (χ4n) is 1.38.